The van der Waals surface area contributed by atoms with Gasteiger partial charge < -0.3 is 16.2 Å². The van der Waals surface area contributed by atoms with Crippen molar-refractivity contribution in [3.63, 3.8) is 0 Å². The predicted octanol–water partition coefficient (Wildman–Crippen LogP) is 1.96. The zero-order valence-corrected chi connectivity index (χ0v) is 10.4. The van der Waals surface area contributed by atoms with Crippen LogP contribution < -0.4 is 16.2 Å². The van der Waals surface area contributed by atoms with Crippen LogP contribution in [-0.2, 0) is 0 Å². The maximum absolute atomic E-state index is 12.0. The summed E-state index contributed by atoms with van der Waals surface area (Å²) in [4.78, 5) is 0. The molecule has 18 heavy (non-hydrogen) atoms. The van der Waals surface area contributed by atoms with Crippen molar-refractivity contribution in [1.82, 2.24) is 0 Å². The zero-order valence-electron chi connectivity index (χ0n) is 8.78. The van der Waals surface area contributed by atoms with Gasteiger partial charge in [-0.15, -0.1) is 18.3 Å². The number of hydrogen-bond donors (Lipinski definition) is 2. The van der Waals surface area contributed by atoms with Crippen LogP contribution >= 0.6 is 15.9 Å². The zero-order chi connectivity index (χ0) is 13.8. The van der Waals surface area contributed by atoms with Crippen molar-refractivity contribution < 1.29 is 17.9 Å². The van der Waals surface area contributed by atoms with Gasteiger partial charge >= 0.3 is 6.36 Å². The van der Waals surface area contributed by atoms with Gasteiger partial charge in [0.1, 0.15) is 5.75 Å². The molecule has 0 bridgehead atoms. The molecule has 0 radical (unpaired) electrons. The van der Waals surface area contributed by atoms with Gasteiger partial charge in [-0.25, -0.2) is 0 Å². The molecule has 9 heteroatoms. The van der Waals surface area contributed by atoms with Gasteiger partial charge in [0, 0.05) is 4.47 Å². The first-order valence-electron chi connectivity index (χ1n) is 4.44. The molecule has 1 aromatic carbocycles. The number of benzene rings is 1. The maximum atomic E-state index is 12.0. The summed E-state index contributed by atoms with van der Waals surface area (Å²) in [6, 6.07) is 3.84. The minimum absolute atomic E-state index is 0.256. The predicted molar refractivity (Wildman–Crippen MR) is 64.2 cm³/mol. The Morgan fingerprint density at radius 2 is 1.94 bits per heavy atom. The van der Waals surface area contributed by atoms with E-state index in [0.29, 0.717) is 10.0 Å². The van der Waals surface area contributed by atoms with Crippen molar-refractivity contribution in [2.24, 2.45) is 21.7 Å². The highest BCUT2D eigenvalue weighted by Crippen LogP contribution is 2.26. The average molecular weight is 325 g/mol. The molecule has 0 aliphatic rings. The number of ether oxygens (including phenoxy) is 1. The minimum atomic E-state index is -4.75. The Hall–Kier alpha value is -1.77. The summed E-state index contributed by atoms with van der Waals surface area (Å²) in [5, 5.41) is 6.79. The van der Waals surface area contributed by atoms with Crippen LogP contribution in [0.3, 0.4) is 0 Å². The van der Waals surface area contributed by atoms with Crippen LogP contribution in [0.2, 0.25) is 0 Å². The van der Waals surface area contributed by atoms with Crippen molar-refractivity contribution in [1.29, 1.82) is 0 Å². The third kappa shape index (κ3) is 5.53. The van der Waals surface area contributed by atoms with E-state index in [0.717, 1.165) is 6.07 Å². The van der Waals surface area contributed by atoms with E-state index in [-0.39, 0.29) is 11.7 Å². The van der Waals surface area contributed by atoms with Gasteiger partial charge in [-0.05, 0) is 23.8 Å². The molecule has 0 aliphatic carbocycles. The lowest BCUT2D eigenvalue weighted by Gasteiger charge is -2.09. The van der Waals surface area contributed by atoms with E-state index in [1.54, 1.807) is 0 Å². The molecule has 1 aromatic rings. The van der Waals surface area contributed by atoms with Gasteiger partial charge in [0.05, 0.1) is 6.21 Å². The molecule has 4 N–H and O–H groups in total. The fourth-order valence-corrected chi connectivity index (χ4v) is 1.50. The van der Waals surface area contributed by atoms with E-state index >= 15 is 0 Å². The van der Waals surface area contributed by atoms with Gasteiger partial charge in [-0.2, -0.15) is 5.10 Å². The summed E-state index contributed by atoms with van der Waals surface area (Å²) in [6.45, 7) is 0. The van der Waals surface area contributed by atoms with Crippen molar-refractivity contribution in [2.45, 2.75) is 6.36 Å². The summed E-state index contributed by atoms with van der Waals surface area (Å²) in [6.07, 6.45) is -3.57. The van der Waals surface area contributed by atoms with Gasteiger partial charge in [0.15, 0.2) is 0 Å². The quantitative estimate of drug-likeness (QED) is 0.506. The second-order valence-corrected chi connectivity index (χ2v) is 3.95. The third-order valence-corrected chi connectivity index (χ3v) is 1.97. The van der Waals surface area contributed by atoms with Crippen LogP contribution in [0.5, 0.6) is 5.75 Å². The molecule has 0 aliphatic heterocycles. The van der Waals surface area contributed by atoms with Gasteiger partial charge in [-0.1, -0.05) is 15.9 Å². The minimum Gasteiger partial charge on any atom is -0.406 e. The van der Waals surface area contributed by atoms with E-state index in [4.69, 9.17) is 11.5 Å². The normalized spacial score (nSPS) is 11.6. The number of alkyl halides is 3. The van der Waals surface area contributed by atoms with Gasteiger partial charge in [0.2, 0.25) is 5.96 Å². The molecule has 0 saturated heterocycles. The molecular weight excluding hydrogens is 317 g/mol. The Morgan fingerprint density at radius 3 is 2.50 bits per heavy atom. The highest BCUT2D eigenvalue weighted by atomic mass is 79.9. The summed E-state index contributed by atoms with van der Waals surface area (Å²) in [5.74, 6) is -0.629. The topological polar surface area (TPSA) is 86.0 Å². The average Bonchev–Trinajstić information content (AvgIpc) is 2.12. The summed E-state index contributed by atoms with van der Waals surface area (Å²) < 4.78 is 40.3. The molecule has 0 spiro atoms. The molecule has 1 rings (SSSR count). The smallest absolute Gasteiger partial charge is 0.406 e. The lowest BCUT2D eigenvalue weighted by Crippen LogP contribution is -2.21. The molecule has 0 aromatic heterocycles. The van der Waals surface area contributed by atoms with Crippen LogP contribution in [0.4, 0.5) is 13.2 Å². The Bertz CT molecular complexity index is 483. The van der Waals surface area contributed by atoms with E-state index in [1.165, 1.54) is 18.3 Å². The lowest BCUT2D eigenvalue weighted by atomic mass is 10.2. The maximum Gasteiger partial charge on any atom is 0.573 e. The first-order valence-corrected chi connectivity index (χ1v) is 5.24. The first-order chi connectivity index (χ1) is 8.26. The van der Waals surface area contributed by atoms with Crippen LogP contribution in [-0.4, -0.2) is 18.5 Å². The number of nitrogens with two attached hydrogens (primary N) is 2. The largest absolute Gasteiger partial charge is 0.573 e. The van der Waals surface area contributed by atoms with Crippen LogP contribution in [0, 0.1) is 0 Å². The van der Waals surface area contributed by atoms with E-state index in [2.05, 4.69) is 30.9 Å². The second-order valence-electron chi connectivity index (χ2n) is 3.04. The monoisotopic (exact) mass is 324 g/mol. The van der Waals surface area contributed by atoms with Crippen molar-refractivity contribution in [2.75, 3.05) is 0 Å². The molecule has 5 nitrogen and oxygen atoms in total. The molecule has 0 atom stereocenters. The van der Waals surface area contributed by atoms with Crippen LogP contribution in [0.15, 0.2) is 32.9 Å². The highest BCUT2D eigenvalue weighted by Gasteiger charge is 2.31. The van der Waals surface area contributed by atoms with E-state index in [9.17, 15) is 13.2 Å². The Kier molecular flexibility index (Phi) is 4.54. The number of rotatable bonds is 3. The number of hydrogen-bond acceptors (Lipinski definition) is 3. The van der Waals surface area contributed by atoms with Gasteiger partial charge in [-0.3, -0.25) is 0 Å². The van der Waals surface area contributed by atoms with Crippen LogP contribution in [0.25, 0.3) is 0 Å². The fourth-order valence-electron chi connectivity index (χ4n) is 1.01. The van der Waals surface area contributed by atoms with E-state index in [1.807, 2.05) is 0 Å². The van der Waals surface area contributed by atoms with Crippen LogP contribution in [0.1, 0.15) is 5.56 Å². The molecule has 0 saturated carbocycles. The highest BCUT2D eigenvalue weighted by molar-refractivity contribution is 9.10. The first kappa shape index (κ1) is 14.3. The summed E-state index contributed by atoms with van der Waals surface area (Å²) >= 11 is 3.05. The molecule has 98 valence electrons. The summed E-state index contributed by atoms with van der Waals surface area (Å²) in [5.41, 5.74) is 10.4. The Morgan fingerprint density at radius 1 is 1.28 bits per heavy atom. The number of halogens is 4. The molecule has 0 fully saturated rings. The SMILES string of the molecule is NC(N)=NN=Cc1cc(Br)cc(OC(F)(F)F)c1. The molecule has 0 amide bonds. The van der Waals surface area contributed by atoms with E-state index < -0.39 is 6.36 Å². The molecule has 0 heterocycles. The van der Waals surface area contributed by atoms with Gasteiger partial charge in [0.25, 0.3) is 0 Å². The lowest BCUT2D eigenvalue weighted by molar-refractivity contribution is -0.274. The van der Waals surface area contributed by atoms with Crippen molar-refractivity contribution in [3.05, 3.63) is 28.2 Å². The number of guanidine groups is 1. The number of nitrogens with zero attached hydrogens (tertiary/aromatic N) is 2. The molecule has 0 unspecified atom stereocenters. The standard InChI is InChI=1S/C9H8BrF3N4O/c10-6-1-5(4-16-17-8(14)15)2-7(3-6)18-9(11,12)13/h1-4H,(H4,14,15,17). The van der Waals surface area contributed by atoms with Crippen molar-refractivity contribution >= 4 is 28.1 Å². The Labute approximate surface area is 108 Å². The second kappa shape index (κ2) is 5.71. The fraction of sp³-hybridized carbons (Fsp3) is 0.111. The molecular formula is C9H8BrF3N4O. The Balaban J connectivity index is 2.94. The van der Waals surface area contributed by atoms with Crippen molar-refractivity contribution in [3.8, 4) is 5.75 Å². The summed E-state index contributed by atoms with van der Waals surface area (Å²) in [7, 11) is 0. The third-order valence-electron chi connectivity index (χ3n) is 1.51.